The predicted molar refractivity (Wildman–Crippen MR) is 127 cm³/mol. The summed E-state index contributed by atoms with van der Waals surface area (Å²) >= 11 is 0. The van der Waals surface area contributed by atoms with Gasteiger partial charge in [-0.05, 0) is 37.3 Å². The summed E-state index contributed by atoms with van der Waals surface area (Å²) in [5.41, 5.74) is 4.05. The third kappa shape index (κ3) is 3.74. The molecule has 1 fully saturated rings. The highest BCUT2D eigenvalue weighted by molar-refractivity contribution is 6.11. The number of hydrogen-bond acceptors (Lipinski definition) is 5. The Bertz CT molecular complexity index is 1530. The number of fused-ring (bicyclic) bond motifs is 2. The van der Waals surface area contributed by atoms with Crippen LogP contribution in [0, 0.1) is 12.7 Å². The van der Waals surface area contributed by atoms with Gasteiger partial charge in [-0.3, -0.25) is 14.4 Å². The Hall–Kier alpha value is -3.93. The van der Waals surface area contributed by atoms with E-state index in [1.807, 2.05) is 6.92 Å². The van der Waals surface area contributed by atoms with E-state index < -0.39 is 30.7 Å². The summed E-state index contributed by atoms with van der Waals surface area (Å²) in [6.45, 7) is 1.47. The molecule has 2 aliphatic heterocycles. The minimum Gasteiger partial charge on any atom is -0.366 e. The van der Waals surface area contributed by atoms with Gasteiger partial charge >= 0.3 is 6.18 Å². The molecule has 0 aliphatic carbocycles. The van der Waals surface area contributed by atoms with E-state index in [1.165, 1.54) is 21.9 Å². The van der Waals surface area contributed by atoms with Crippen LogP contribution in [0.5, 0.6) is 0 Å². The number of hydrogen-bond donors (Lipinski definition) is 1. The number of nitrogens with zero attached hydrogens (tertiary/aromatic N) is 5. The van der Waals surface area contributed by atoms with Gasteiger partial charge in [0.25, 0.3) is 5.91 Å². The maximum atomic E-state index is 15.8. The lowest BCUT2D eigenvalue weighted by molar-refractivity contribution is -0.221. The number of nitrogens with one attached hydrogen (secondary N) is 1. The van der Waals surface area contributed by atoms with Crippen LogP contribution >= 0.6 is 0 Å². The molecule has 2 aromatic carbocycles. The molecule has 1 N–H and O–H groups in total. The predicted octanol–water partition coefficient (Wildman–Crippen LogP) is 4.26. The fraction of sp³-hybridized carbons (Fsp3) is 0.320. The molecule has 1 amide bonds. The Morgan fingerprint density at radius 3 is 2.68 bits per heavy atom. The minimum absolute atomic E-state index is 0.118. The number of aryl methyl sites for hydroxylation is 1. The smallest absolute Gasteiger partial charge is 0.366 e. The number of amides is 1. The molecule has 0 spiro atoms. The molecule has 37 heavy (non-hydrogen) atoms. The SMILES string of the molecule is Cc1c2c(nn1C)C(=O)N(c1ccc3nc[nH]c3c1)C2c1ccc(N2CCOC(C(F)(F)F)C2)cc1F. The van der Waals surface area contributed by atoms with Gasteiger partial charge in [0, 0.05) is 41.8 Å². The lowest BCUT2D eigenvalue weighted by Gasteiger charge is -2.35. The zero-order valence-electron chi connectivity index (χ0n) is 19.9. The zero-order valence-corrected chi connectivity index (χ0v) is 19.9. The van der Waals surface area contributed by atoms with Gasteiger partial charge in [0.1, 0.15) is 5.82 Å². The zero-order chi connectivity index (χ0) is 26.1. The summed E-state index contributed by atoms with van der Waals surface area (Å²) in [6, 6.07) is 8.81. The van der Waals surface area contributed by atoms with Gasteiger partial charge in [-0.25, -0.2) is 9.37 Å². The van der Waals surface area contributed by atoms with Crippen LogP contribution in [-0.2, 0) is 11.8 Å². The van der Waals surface area contributed by atoms with E-state index in [9.17, 15) is 18.0 Å². The fourth-order valence-corrected chi connectivity index (χ4v) is 5.12. The number of carbonyl (C=O) groups is 1. The molecule has 0 radical (unpaired) electrons. The van der Waals surface area contributed by atoms with E-state index in [2.05, 4.69) is 15.1 Å². The van der Waals surface area contributed by atoms with Gasteiger partial charge in [0.2, 0.25) is 0 Å². The second kappa shape index (κ2) is 8.30. The van der Waals surface area contributed by atoms with Crippen molar-refractivity contribution in [2.24, 2.45) is 7.05 Å². The fourth-order valence-electron chi connectivity index (χ4n) is 5.12. The van der Waals surface area contributed by atoms with Gasteiger partial charge in [-0.15, -0.1) is 0 Å². The molecule has 0 saturated carbocycles. The molecule has 1 saturated heterocycles. The average molecular weight is 514 g/mol. The van der Waals surface area contributed by atoms with Crippen molar-refractivity contribution < 1.29 is 27.1 Å². The maximum Gasteiger partial charge on any atom is 0.416 e. The van der Waals surface area contributed by atoms with E-state index in [1.54, 1.807) is 42.3 Å². The lowest BCUT2D eigenvalue weighted by Crippen LogP contribution is -2.49. The van der Waals surface area contributed by atoms with E-state index in [0.29, 0.717) is 28.1 Å². The number of benzene rings is 2. The number of anilines is 2. The number of imidazole rings is 1. The third-order valence-electron chi connectivity index (χ3n) is 7.09. The second-order valence-corrected chi connectivity index (χ2v) is 9.21. The number of rotatable bonds is 3. The van der Waals surface area contributed by atoms with Crippen molar-refractivity contribution in [2.75, 3.05) is 29.5 Å². The van der Waals surface area contributed by atoms with Crippen LogP contribution < -0.4 is 9.80 Å². The highest BCUT2D eigenvalue weighted by atomic mass is 19.4. The van der Waals surface area contributed by atoms with E-state index in [0.717, 1.165) is 5.52 Å². The van der Waals surface area contributed by atoms with Gasteiger partial charge in [-0.2, -0.15) is 18.3 Å². The number of aromatic amines is 1. The summed E-state index contributed by atoms with van der Waals surface area (Å²) in [5.74, 6) is -0.999. The van der Waals surface area contributed by atoms with Crippen LogP contribution in [0.15, 0.2) is 42.7 Å². The summed E-state index contributed by atoms with van der Waals surface area (Å²) < 4.78 is 61.8. The first kappa shape index (κ1) is 23.5. The number of aromatic nitrogens is 4. The van der Waals surface area contributed by atoms with Crippen molar-refractivity contribution in [1.82, 2.24) is 19.7 Å². The van der Waals surface area contributed by atoms with Crippen LogP contribution in [0.3, 0.4) is 0 Å². The number of ether oxygens (including phenoxy) is 1. The second-order valence-electron chi connectivity index (χ2n) is 9.21. The molecule has 4 heterocycles. The Morgan fingerprint density at radius 1 is 1.14 bits per heavy atom. The molecular weight excluding hydrogens is 492 g/mol. The summed E-state index contributed by atoms with van der Waals surface area (Å²) in [5, 5.41) is 4.38. The van der Waals surface area contributed by atoms with Crippen molar-refractivity contribution in [3.05, 3.63) is 71.1 Å². The van der Waals surface area contributed by atoms with Crippen LogP contribution in [0.1, 0.15) is 33.4 Å². The largest absolute Gasteiger partial charge is 0.416 e. The first-order chi connectivity index (χ1) is 17.6. The van der Waals surface area contributed by atoms with E-state index >= 15 is 4.39 Å². The monoisotopic (exact) mass is 514 g/mol. The van der Waals surface area contributed by atoms with Gasteiger partial charge < -0.3 is 14.6 Å². The summed E-state index contributed by atoms with van der Waals surface area (Å²) in [4.78, 5) is 23.7. The number of carbonyl (C=O) groups excluding carboxylic acids is 1. The maximum absolute atomic E-state index is 15.8. The first-order valence-corrected chi connectivity index (χ1v) is 11.7. The van der Waals surface area contributed by atoms with Crippen LogP contribution in [0.2, 0.25) is 0 Å². The molecule has 4 aromatic rings. The quantitative estimate of drug-likeness (QED) is 0.414. The Labute approximate surface area is 208 Å². The Morgan fingerprint density at radius 2 is 1.92 bits per heavy atom. The Balaban J connectivity index is 1.42. The number of alkyl halides is 3. The van der Waals surface area contributed by atoms with Crippen LogP contribution in [-0.4, -0.2) is 57.6 Å². The highest BCUT2D eigenvalue weighted by Gasteiger charge is 2.45. The number of morpholine rings is 1. The van der Waals surface area contributed by atoms with E-state index in [4.69, 9.17) is 4.74 Å². The molecule has 2 aromatic heterocycles. The third-order valence-corrected chi connectivity index (χ3v) is 7.09. The molecule has 8 nitrogen and oxygen atoms in total. The molecule has 6 rings (SSSR count). The number of halogens is 4. The van der Waals surface area contributed by atoms with E-state index in [-0.39, 0.29) is 30.3 Å². The molecule has 2 aliphatic rings. The van der Waals surface area contributed by atoms with Gasteiger partial charge in [0.15, 0.2) is 11.8 Å². The van der Waals surface area contributed by atoms with Gasteiger partial charge in [-0.1, -0.05) is 6.07 Å². The normalized spacial score (nSPS) is 20.2. The molecule has 2 unspecified atom stereocenters. The van der Waals surface area contributed by atoms with Crippen molar-refractivity contribution in [2.45, 2.75) is 25.2 Å². The topological polar surface area (TPSA) is 79.3 Å². The van der Waals surface area contributed by atoms with Crippen molar-refractivity contribution in [3.8, 4) is 0 Å². The Kier molecular flexibility index (Phi) is 5.26. The molecule has 192 valence electrons. The average Bonchev–Trinajstić information content (AvgIpc) is 3.53. The van der Waals surface area contributed by atoms with Crippen molar-refractivity contribution in [1.29, 1.82) is 0 Å². The number of H-pyrrole nitrogens is 1. The molecule has 2 atom stereocenters. The molecule has 0 bridgehead atoms. The van der Waals surface area contributed by atoms with Crippen molar-refractivity contribution in [3.63, 3.8) is 0 Å². The van der Waals surface area contributed by atoms with Gasteiger partial charge in [0.05, 0.1) is 36.6 Å². The van der Waals surface area contributed by atoms with Crippen LogP contribution in [0.4, 0.5) is 28.9 Å². The van der Waals surface area contributed by atoms with Crippen LogP contribution in [0.25, 0.3) is 11.0 Å². The highest BCUT2D eigenvalue weighted by Crippen LogP contribution is 2.44. The van der Waals surface area contributed by atoms with Crippen molar-refractivity contribution >= 4 is 28.3 Å². The molecular formula is C25H22F4N6O2. The minimum atomic E-state index is -4.51. The molecule has 12 heteroatoms. The standard InChI is InChI=1S/C25H22F4N6O2/c1-13-21-22(32-33(13)2)24(36)35(15-4-6-18-19(10-15)31-12-30-18)23(21)16-5-3-14(9-17(16)26)34-7-8-37-20(11-34)25(27,28)29/h3-6,9-10,12,20,23H,7-8,11H2,1-2H3,(H,30,31). The lowest BCUT2D eigenvalue weighted by atomic mass is 9.97. The first-order valence-electron chi connectivity index (χ1n) is 11.7. The summed E-state index contributed by atoms with van der Waals surface area (Å²) in [6.07, 6.45) is -4.90. The summed E-state index contributed by atoms with van der Waals surface area (Å²) in [7, 11) is 1.72.